The first-order chi connectivity index (χ1) is 32.2. The summed E-state index contributed by atoms with van der Waals surface area (Å²) in [5.41, 5.74) is 15.5. The summed E-state index contributed by atoms with van der Waals surface area (Å²) in [4.78, 5) is 2.37. The lowest BCUT2D eigenvalue weighted by molar-refractivity contribution is 0.669. The smallest absolute Gasteiger partial charge is 0.136 e. The summed E-state index contributed by atoms with van der Waals surface area (Å²) in [6, 6.07) is 87.8. The van der Waals surface area contributed by atoms with Crippen LogP contribution in [0.2, 0.25) is 0 Å². The summed E-state index contributed by atoms with van der Waals surface area (Å²) >= 11 is 0. The van der Waals surface area contributed by atoms with Crippen molar-refractivity contribution in [2.24, 2.45) is 0 Å². The fraction of sp³-hybridized carbons (Fsp3) is 0. The molecule has 0 N–H and O–H groups in total. The first-order valence-corrected chi connectivity index (χ1v) is 22.2. The van der Waals surface area contributed by atoms with Gasteiger partial charge in [-0.1, -0.05) is 158 Å². The van der Waals surface area contributed by atoms with Crippen LogP contribution < -0.4 is 4.90 Å². The van der Waals surface area contributed by atoms with Crippen LogP contribution in [0.1, 0.15) is 0 Å². The van der Waals surface area contributed by atoms with E-state index in [2.05, 4.69) is 240 Å². The van der Waals surface area contributed by atoms with E-state index in [1.807, 2.05) is 12.1 Å². The Morgan fingerprint density at radius 1 is 0.277 bits per heavy atom. The molecule has 2 aromatic heterocycles. The van der Waals surface area contributed by atoms with Crippen LogP contribution in [0.5, 0.6) is 0 Å². The molecular formula is C62H40N2O. The van der Waals surface area contributed by atoms with Gasteiger partial charge < -0.3 is 13.9 Å². The predicted octanol–water partition coefficient (Wildman–Crippen LogP) is 17.5. The second-order valence-electron chi connectivity index (χ2n) is 16.9. The van der Waals surface area contributed by atoms with Crippen LogP contribution in [0.3, 0.4) is 0 Å². The highest BCUT2D eigenvalue weighted by Crippen LogP contribution is 2.41. The molecule has 0 aliphatic carbocycles. The third-order valence-electron chi connectivity index (χ3n) is 13.1. The van der Waals surface area contributed by atoms with Gasteiger partial charge in [-0.3, -0.25) is 0 Å². The highest BCUT2D eigenvalue weighted by Gasteiger charge is 2.17. The van der Waals surface area contributed by atoms with Crippen LogP contribution in [-0.4, -0.2) is 4.57 Å². The Morgan fingerprint density at radius 2 is 0.800 bits per heavy atom. The molecule has 3 heteroatoms. The Hall–Kier alpha value is -8.66. The van der Waals surface area contributed by atoms with E-state index in [-0.39, 0.29) is 0 Å². The minimum atomic E-state index is 0.892. The average molecular weight is 829 g/mol. The van der Waals surface area contributed by atoms with Crippen LogP contribution in [0.4, 0.5) is 17.1 Å². The molecule has 65 heavy (non-hydrogen) atoms. The van der Waals surface area contributed by atoms with Crippen LogP contribution >= 0.6 is 0 Å². The first kappa shape index (κ1) is 36.9. The molecule has 0 saturated carbocycles. The topological polar surface area (TPSA) is 21.3 Å². The summed E-state index contributed by atoms with van der Waals surface area (Å²) in [6.07, 6.45) is 0. The summed E-state index contributed by atoms with van der Waals surface area (Å²) in [5.74, 6) is 0. The van der Waals surface area contributed by atoms with Crippen molar-refractivity contribution in [1.82, 2.24) is 4.57 Å². The van der Waals surface area contributed by atoms with E-state index in [0.29, 0.717) is 0 Å². The van der Waals surface area contributed by atoms with Gasteiger partial charge in [-0.05, 0) is 140 Å². The molecule has 11 aromatic carbocycles. The molecule has 0 saturated heterocycles. The SMILES string of the molecule is c1cc(-c2ccc(N(c3cccc(-c4ccc5c(c4)oc4ccccc45)c3)c3ccc4c(ccc5ccccc54)c3)cc2)cc(-c2cccc(-n3c4ccccc4c4ccccc43)c2)c1. The van der Waals surface area contributed by atoms with Crippen molar-refractivity contribution in [3.05, 3.63) is 243 Å². The lowest BCUT2D eigenvalue weighted by Crippen LogP contribution is -2.10. The standard InChI is InChI=1S/C62H40N2O/c1-2-19-53-42(12-1)26-27-48-39-52(33-35-54(48)53)63(50-17-10-16-46(37-50)47-30-34-58-57-22-5-8-25-61(57)65-62(58)40-47)49-31-28-41(29-32-49)43-13-9-14-44(36-43)45-15-11-18-51(38-45)64-59-23-6-3-20-55(59)56-21-4-7-24-60(56)64/h1-40H. The zero-order chi connectivity index (χ0) is 42.8. The number of aromatic nitrogens is 1. The Bertz CT molecular complexity index is 3910. The normalized spacial score (nSPS) is 11.7. The quantitative estimate of drug-likeness (QED) is 0.149. The molecule has 3 nitrogen and oxygen atoms in total. The molecule has 0 radical (unpaired) electrons. The van der Waals surface area contributed by atoms with E-state index in [4.69, 9.17) is 4.42 Å². The molecule has 0 unspecified atom stereocenters. The minimum Gasteiger partial charge on any atom is -0.456 e. The maximum Gasteiger partial charge on any atom is 0.136 e. The second kappa shape index (κ2) is 15.0. The Balaban J connectivity index is 0.881. The van der Waals surface area contributed by atoms with Gasteiger partial charge >= 0.3 is 0 Å². The molecule has 0 amide bonds. The van der Waals surface area contributed by atoms with Gasteiger partial charge in [0.25, 0.3) is 0 Å². The van der Waals surface area contributed by atoms with Crippen molar-refractivity contribution in [1.29, 1.82) is 0 Å². The zero-order valence-electron chi connectivity index (χ0n) is 35.4. The minimum absolute atomic E-state index is 0.892. The fourth-order valence-corrected chi connectivity index (χ4v) is 10.0. The maximum atomic E-state index is 6.32. The Labute approximate surface area is 376 Å². The predicted molar refractivity (Wildman–Crippen MR) is 274 cm³/mol. The van der Waals surface area contributed by atoms with Crippen molar-refractivity contribution >= 4 is 82.4 Å². The highest BCUT2D eigenvalue weighted by atomic mass is 16.3. The molecule has 0 aliphatic rings. The Morgan fingerprint density at radius 3 is 1.60 bits per heavy atom. The van der Waals surface area contributed by atoms with Crippen molar-refractivity contribution in [2.75, 3.05) is 4.90 Å². The number of benzene rings is 11. The van der Waals surface area contributed by atoms with Gasteiger partial charge in [0.2, 0.25) is 0 Å². The molecule has 13 aromatic rings. The van der Waals surface area contributed by atoms with Gasteiger partial charge in [0.05, 0.1) is 11.0 Å². The number of rotatable bonds is 7. The van der Waals surface area contributed by atoms with Gasteiger partial charge in [0, 0.05) is 44.3 Å². The molecule has 2 heterocycles. The summed E-state index contributed by atoms with van der Waals surface area (Å²) in [6.45, 7) is 0. The lowest BCUT2D eigenvalue weighted by atomic mass is 9.98. The largest absolute Gasteiger partial charge is 0.456 e. The van der Waals surface area contributed by atoms with Crippen molar-refractivity contribution in [3.8, 4) is 39.1 Å². The van der Waals surface area contributed by atoms with E-state index >= 15 is 0 Å². The van der Waals surface area contributed by atoms with Gasteiger partial charge in [0.1, 0.15) is 11.2 Å². The average Bonchev–Trinajstić information content (AvgIpc) is 3.92. The summed E-state index contributed by atoms with van der Waals surface area (Å²) in [7, 11) is 0. The maximum absolute atomic E-state index is 6.32. The molecule has 0 atom stereocenters. The third kappa shape index (κ3) is 6.28. The first-order valence-electron chi connectivity index (χ1n) is 22.2. The van der Waals surface area contributed by atoms with E-state index in [1.54, 1.807) is 0 Å². The number of nitrogens with zero attached hydrogens (tertiary/aromatic N) is 2. The van der Waals surface area contributed by atoms with E-state index in [1.165, 1.54) is 60.0 Å². The van der Waals surface area contributed by atoms with Crippen LogP contribution in [0.25, 0.3) is 104 Å². The van der Waals surface area contributed by atoms with Crippen LogP contribution in [-0.2, 0) is 0 Å². The van der Waals surface area contributed by atoms with Crippen molar-refractivity contribution < 1.29 is 4.42 Å². The van der Waals surface area contributed by atoms with Gasteiger partial charge in [-0.2, -0.15) is 0 Å². The zero-order valence-corrected chi connectivity index (χ0v) is 35.4. The lowest BCUT2D eigenvalue weighted by Gasteiger charge is -2.27. The number of fused-ring (bicyclic) bond motifs is 9. The van der Waals surface area contributed by atoms with Gasteiger partial charge in [0.15, 0.2) is 0 Å². The molecular weight excluding hydrogens is 789 g/mol. The molecule has 0 fully saturated rings. The summed E-state index contributed by atoms with van der Waals surface area (Å²) < 4.78 is 8.70. The Kier molecular flexibility index (Phi) is 8.53. The monoisotopic (exact) mass is 828 g/mol. The van der Waals surface area contributed by atoms with E-state index in [0.717, 1.165) is 61.4 Å². The van der Waals surface area contributed by atoms with Crippen LogP contribution in [0.15, 0.2) is 247 Å². The number of para-hydroxylation sites is 3. The number of anilines is 3. The number of hydrogen-bond donors (Lipinski definition) is 0. The molecule has 13 rings (SSSR count). The number of hydrogen-bond acceptors (Lipinski definition) is 2. The molecule has 0 bridgehead atoms. The summed E-state index contributed by atoms with van der Waals surface area (Å²) in [5, 5.41) is 9.75. The van der Waals surface area contributed by atoms with Gasteiger partial charge in [-0.15, -0.1) is 0 Å². The second-order valence-corrected chi connectivity index (χ2v) is 16.9. The molecule has 0 aliphatic heterocycles. The highest BCUT2D eigenvalue weighted by molar-refractivity contribution is 6.10. The van der Waals surface area contributed by atoms with Gasteiger partial charge in [-0.25, -0.2) is 0 Å². The fourth-order valence-electron chi connectivity index (χ4n) is 10.0. The van der Waals surface area contributed by atoms with Crippen LogP contribution in [0, 0.1) is 0 Å². The van der Waals surface area contributed by atoms with E-state index < -0.39 is 0 Å². The number of furan rings is 1. The molecule has 0 spiro atoms. The van der Waals surface area contributed by atoms with Crippen molar-refractivity contribution in [2.45, 2.75) is 0 Å². The third-order valence-corrected chi connectivity index (χ3v) is 13.1. The van der Waals surface area contributed by atoms with Crippen molar-refractivity contribution in [3.63, 3.8) is 0 Å². The molecule has 304 valence electrons. The van der Waals surface area contributed by atoms with E-state index in [9.17, 15) is 0 Å².